The molecule has 1 aromatic rings. The molecule has 0 saturated carbocycles. The summed E-state index contributed by atoms with van der Waals surface area (Å²) in [6, 6.07) is 0. The van der Waals surface area contributed by atoms with Gasteiger partial charge in [-0.15, -0.1) is 0 Å². The highest BCUT2D eigenvalue weighted by molar-refractivity contribution is 5.79. The lowest BCUT2D eigenvalue weighted by atomic mass is 10.3. The smallest absolute Gasteiger partial charge is 0.206 e. The zero-order valence-corrected chi connectivity index (χ0v) is 8.46. The Balaban J connectivity index is 2.56. The summed E-state index contributed by atoms with van der Waals surface area (Å²) in [5.41, 5.74) is 4.59. The minimum Gasteiger partial charge on any atom is -0.356 e. The van der Waals surface area contributed by atoms with Crippen LogP contribution >= 0.6 is 0 Å². The van der Waals surface area contributed by atoms with Crippen molar-refractivity contribution in [2.45, 2.75) is 20.4 Å². The number of nitrogens with two attached hydrogens (primary N) is 1. The molecule has 0 aromatic carbocycles. The predicted octanol–water partition coefficient (Wildman–Crippen LogP) is -0.353. The predicted molar refractivity (Wildman–Crippen MR) is 55.5 cm³/mol. The summed E-state index contributed by atoms with van der Waals surface area (Å²) in [7, 11) is 0. The van der Waals surface area contributed by atoms with Crippen LogP contribution in [0.2, 0.25) is 0 Å². The molecule has 0 aliphatic carbocycles. The standard InChI is InChI=1S/C8H16N6/c1-3-10-8(13-9)11-4-7-5-12-14-6(7)2/h5H,3-4,9H2,1-2H3,(H,12,14)(H2,10,11,13). The fourth-order valence-electron chi connectivity index (χ4n) is 1.02. The number of aryl methyl sites for hydroxylation is 1. The second kappa shape index (κ2) is 5.23. The number of nitrogens with one attached hydrogen (secondary N) is 3. The van der Waals surface area contributed by atoms with Gasteiger partial charge in [-0.3, -0.25) is 10.5 Å². The van der Waals surface area contributed by atoms with Gasteiger partial charge < -0.3 is 5.32 Å². The largest absolute Gasteiger partial charge is 0.356 e. The Morgan fingerprint density at radius 2 is 2.50 bits per heavy atom. The Bertz CT molecular complexity index is 303. The summed E-state index contributed by atoms with van der Waals surface area (Å²) < 4.78 is 0. The molecule has 1 heterocycles. The van der Waals surface area contributed by atoms with E-state index in [4.69, 9.17) is 5.84 Å². The minimum atomic E-state index is 0.564. The zero-order chi connectivity index (χ0) is 10.4. The van der Waals surface area contributed by atoms with Gasteiger partial charge in [0.2, 0.25) is 5.96 Å². The van der Waals surface area contributed by atoms with Gasteiger partial charge in [0.1, 0.15) is 0 Å². The van der Waals surface area contributed by atoms with Crippen molar-refractivity contribution in [3.05, 3.63) is 17.5 Å². The highest BCUT2D eigenvalue weighted by Gasteiger charge is 1.99. The molecule has 78 valence electrons. The quantitative estimate of drug-likeness (QED) is 0.230. The van der Waals surface area contributed by atoms with Gasteiger partial charge in [0.25, 0.3) is 0 Å². The summed E-state index contributed by atoms with van der Waals surface area (Å²) in [6.45, 7) is 5.29. The second-order valence-corrected chi connectivity index (χ2v) is 2.86. The Morgan fingerprint density at radius 3 is 3.00 bits per heavy atom. The molecule has 0 radical (unpaired) electrons. The first-order valence-electron chi connectivity index (χ1n) is 4.51. The van der Waals surface area contributed by atoms with Crippen molar-refractivity contribution in [2.75, 3.05) is 6.54 Å². The van der Waals surface area contributed by atoms with E-state index in [-0.39, 0.29) is 0 Å². The number of rotatable bonds is 3. The molecule has 0 spiro atoms. The van der Waals surface area contributed by atoms with Crippen LogP contribution in [0, 0.1) is 6.92 Å². The number of aromatic amines is 1. The highest BCUT2D eigenvalue weighted by Crippen LogP contribution is 2.03. The number of hydrogen-bond acceptors (Lipinski definition) is 3. The fourth-order valence-corrected chi connectivity index (χ4v) is 1.02. The molecule has 6 nitrogen and oxygen atoms in total. The molecular formula is C8H16N6. The van der Waals surface area contributed by atoms with E-state index in [0.29, 0.717) is 12.5 Å². The minimum absolute atomic E-state index is 0.564. The van der Waals surface area contributed by atoms with E-state index in [0.717, 1.165) is 17.8 Å². The topological polar surface area (TPSA) is 91.1 Å². The molecule has 6 heteroatoms. The van der Waals surface area contributed by atoms with E-state index < -0.39 is 0 Å². The monoisotopic (exact) mass is 196 g/mol. The molecule has 0 atom stereocenters. The van der Waals surface area contributed by atoms with Gasteiger partial charge in [-0.2, -0.15) is 5.10 Å². The van der Waals surface area contributed by atoms with Crippen molar-refractivity contribution in [1.82, 2.24) is 20.9 Å². The van der Waals surface area contributed by atoms with Crippen molar-refractivity contribution in [1.29, 1.82) is 0 Å². The molecule has 14 heavy (non-hydrogen) atoms. The molecule has 0 amide bonds. The van der Waals surface area contributed by atoms with E-state index in [1.54, 1.807) is 6.20 Å². The zero-order valence-electron chi connectivity index (χ0n) is 8.46. The first-order chi connectivity index (χ1) is 6.77. The number of H-pyrrole nitrogens is 1. The molecule has 0 saturated heterocycles. The first kappa shape index (κ1) is 10.5. The normalized spacial score (nSPS) is 11.5. The van der Waals surface area contributed by atoms with Crippen molar-refractivity contribution in [3.63, 3.8) is 0 Å². The Labute approximate surface area is 83.0 Å². The van der Waals surface area contributed by atoms with Gasteiger partial charge in [-0.1, -0.05) is 0 Å². The van der Waals surface area contributed by atoms with E-state index in [9.17, 15) is 0 Å². The number of aromatic nitrogens is 2. The summed E-state index contributed by atoms with van der Waals surface area (Å²) in [5.74, 6) is 5.86. The van der Waals surface area contributed by atoms with Crippen LogP contribution in [0.3, 0.4) is 0 Å². The second-order valence-electron chi connectivity index (χ2n) is 2.86. The summed E-state index contributed by atoms with van der Waals surface area (Å²) >= 11 is 0. The van der Waals surface area contributed by atoms with Crippen molar-refractivity contribution in [3.8, 4) is 0 Å². The highest BCUT2D eigenvalue weighted by atomic mass is 15.3. The molecule has 5 N–H and O–H groups in total. The number of hydrazine groups is 1. The van der Waals surface area contributed by atoms with Crippen molar-refractivity contribution in [2.24, 2.45) is 10.8 Å². The van der Waals surface area contributed by atoms with Crippen LogP contribution in [-0.2, 0) is 6.54 Å². The third-order valence-corrected chi connectivity index (χ3v) is 1.82. The lowest BCUT2D eigenvalue weighted by molar-refractivity contribution is 0.851. The van der Waals surface area contributed by atoms with Crippen molar-refractivity contribution < 1.29 is 0 Å². The maximum Gasteiger partial charge on any atom is 0.206 e. The molecule has 0 fully saturated rings. The van der Waals surface area contributed by atoms with E-state index in [1.165, 1.54) is 0 Å². The lowest BCUT2D eigenvalue weighted by Gasteiger charge is -2.05. The Hall–Kier alpha value is -1.56. The maximum atomic E-state index is 5.27. The SMILES string of the molecule is CCNC(=NCc1cn[nH]c1C)NN. The average molecular weight is 196 g/mol. The van der Waals surface area contributed by atoms with Crippen LogP contribution in [0.1, 0.15) is 18.2 Å². The van der Waals surface area contributed by atoms with Crippen molar-refractivity contribution >= 4 is 5.96 Å². The average Bonchev–Trinajstić information content (AvgIpc) is 2.59. The van der Waals surface area contributed by atoms with Gasteiger partial charge >= 0.3 is 0 Å². The molecule has 1 rings (SSSR count). The third kappa shape index (κ3) is 2.74. The van der Waals surface area contributed by atoms with Crippen LogP contribution in [0.4, 0.5) is 0 Å². The fraction of sp³-hybridized carbons (Fsp3) is 0.500. The maximum absolute atomic E-state index is 5.27. The van der Waals surface area contributed by atoms with Gasteiger partial charge in [-0.25, -0.2) is 10.8 Å². The number of hydrogen-bond donors (Lipinski definition) is 4. The summed E-state index contributed by atoms with van der Waals surface area (Å²) in [4.78, 5) is 4.24. The third-order valence-electron chi connectivity index (χ3n) is 1.82. The van der Waals surface area contributed by atoms with Crippen LogP contribution in [0.15, 0.2) is 11.2 Å². The summed E-state index contributed by atoms with van der Waals surface area (Å²) in [5, 5.41) is 9.75. The van der Waals surface area contributed by atoms with Crippen LogP contribution in [0.5, 0.6) is 0 Å². The van der Waals surface area contributed by atoms with E-state index >= 15 is 0 Å². The first-order valence-corrected chi connectivity index (χ1v) is 4.51. The summed E-state index contributed by atoms with van der Waals surface area (Å²) in [6.07, 6.45) is 1.76. The molecular weight excluding hydrogens is 180 g/mol. The van der Waals surface area contributed by atoms with Gasteiger partial charge in [-0.05, 0) is 13.8 Å². The lowest BCUT2D eigenvalue weighted by Crippen LogP contribution is -2.41. The Kier molecular flexibility index (Phi) is 3.93. The van der Waals surface area contributed by atoms with E-state index in [1.807, 2.05) is 13.8 Å². The molecule has 0 aliphatic heterocycles. The van der Waals surface area contributed by atoms with Gasteiger partial charge in [0.05, 0.1) is 12.7 Å². The Morgan fingerprint density at radius 1 is 1.71 bits per heavy atom. The number of aliphatic imine (C=N–C) groups is 1. The van der Waals surface area contributed by atoms with Gasteiger partial charge in [0, 0.05) is 17.8 Å². The van der Waals surface area contributed by atoms with Crippen LogP contribution in [0.25, 0.3) is 0 Å². The van der Waals surface area contributed by atoms with E-state index in [2.05, 4.69) is 25.9 Å². The number of nitrogens with zero attached hydrogens (tertiary/aromatic N) is 2. The molecule has 0 aliphatic rings. The molecule has 0 bridgehead atoms. The van der Waals surface area contributed by atoms with Crippen LogP contribution in [-0.4, -0.2) is 22.7 Å². The van der Waals surface area contributed by atoms with Crippen LogP contribution < -0.4 is 16.6 Å². The molecule has 0 unspecified atom stereocenters. The van der Waals surface area contributed by atoms with Gasteiger partial charge in [0.15, 0.2) is 0 Å². The number of guanidine groups is 1. The molecule has 1 aromatic heterocycles.